The second kappa shape index (κ2) is 7.63. The minimum Gasteiger partial charge on any atom is -0.158 e. The fraction of sp³-hybridized carbons (Fsp3) is 1.00. The summed E-state index contributed by atoms with van der Waals surface area (Å²) in [6.07, 6.45) is 4.34. The molecule has 0 aromatic carbocycles. The van der Waals surface area contributed by atoms with Gasteiger partial charge in [-0.2, -0.15) is 11.8 Å². The lowest BCUT2D eigenvalue weighted by molar-refractivity contribution is 0.293. The SMILES string of the molecule is CC.CC(C)CC1CCSC(C(C)(C)C)C1. The summed E-state index contributed by atoms with van der Waals surface area (Å²) in [5.74, 6) is 3.27. The van der Waals surface area contributed by atoms with Crippen molar-refractivity contribution < 1.29 is 0 Å². The van der Waals surface area contributed by atoms with Gasteiger partial charge in [0.1, 0.15) is 0 Å². The molecule has 0 amide bonds. The fourth-order valence-electron chi connectivity index (χ4n) is 2.35. The van der Waals surface area contributed by atoms with Crippen molar-refractivity contribution in [2.45, 2.75) is 73.0 Å². The third-order valence-corrected chi connectivity index (χ3v) is 4.94. The molecule has 0 radical (unpaired) electrons. The molecule has 1 saturated heterocycles. The Hall–Kier alpha value is 0.350. The quantitative estimate of drug-likeness (QED) is 0.608. The van der Waals surface area contributed by atoms with E-state index in [1.165, 1.54) is 25.0 Å². The maximum atomic E-state index is 2.39. The van der Waals surface area contributed by atoms with Crippen molar-refractivity contribution in [1.82, 2.24) is 0 Å². The normalized spacial score (nSPS) is 26.2. The summed E-state index contributed by atoms with van der Waals surface area (Å²) < 4.78 is 0. The highest BCUT2D eigenvalue weighted by atomic mass is 32.2. The fourth-order valence-corrected chi connectivity index (χ4v) is 4.01. The highest BCUT2D eigenvalue weighted by Gasteiger charge is 2.31. The van der Waals surface area contributed by atoms with Gasteiger partial charge in [0.25, 0.3) is 0 Å². The molecule has 0 nitrogen and oxygen atoms in total. The van der Waals surface area contributed by atoms with Crippen LogP contribution in [0.5, 0.6) is 0 Å². The molecule has 0 aromatic rings. The lowest BCUT2D eigenvalue weighted by Crippen LogP contribution is -2.30. The lowest BCUT2D eigenvalue weighted by Gasteiger charge is -2.37. The van der Waals surface area contributed by atoms with Gasteiger partial charge in [-0.15, -0.1) is 0 Å². The van der Waals surface area contributed by atoms with E-state index in [9.17, 15) is 0 Å². The van der Waals surface area contributed by atoms with Crippen LogP contribution in [0.25, 0.3) is 0 Å². The Labute approximate surface area is 108 Å². The maximum Gasteiger partial charge on any atom is 0.00982 e. The second-order valence-electron chi connectivity index (χ2n) is 6.25. The first kappa shape index (κ1) is 16.4. The van der Waals surface area contributed by atoms with Crippen LogP contribution in [0, 0.1) is 17.3 Å². The molecule has 2 atom stereocenters. The molecule has 0 spiro atoms. The van der Waals surface area contributed by atoms with Crippen LogP contribution >= 0.6 is 11.8 Å². The number of hydrogen-bond acceptors (Lipinski definition) is 1. The smallest absolute Gasteiger partial charge is 0.00982 e. The standard InChI is InChI=1S/C13H26S.C2H6/c1-10(2)8-11-6-7-14-12(9-11)13(3,4)5;1-2/h10-12H,6-9H2,1-5H3;1-2H3. The van der Waals surface area contributed by atoms with Gasteiger partial charge in [0.15, 0.2) is 0 Å². The molecule has 0 saturated carbocycles. The van der Waals surface area contributed by atoms with Crippen molar-refractivity contribution in [2.75, 3.05) is 5.75 Å². The molecule has 0 N–H and O–H groups in total. The molecule has 1 aliphatic heterocycles. The Morgan fingerprint density at radius 3 is 2.19 bits per heavy atom. The molecule has 98 valence electrons. The largest absolute Gasteiger partial charge is 0.158 e. The van der Waals surface area contributed by atoms with Crippen molar-refractivity contribution in [3.8, 4) is 0 Å². The van der Waals surface area contributed by atoms with Crippen LogP contribution in [0.2, 0.25) is 0 Å². The van der Waals surface area contributed by atoms with E-state index in [-0.39, 0.29) is 0 Å². The molecule has 1 aliphatic rings. The molecule has 0 bridgehead atoms. The van der Waals surface area contributed by atoms with Crippen molar-refractivity contribution in [1.29, 1.82) is 0 Å². The van der Waals surface area contributed by atoms with Gasteiger partial charge in [0.05, 0.1) is 0 Å². The summed E-state index contributed by atoms with van der Waals surface area (Å²) in [7, 11) is 0. The van der Waals surface area contributed by atoms with Crippen LogP contribution in [0.1, 0.15) is 67.7 Å². The monoisotopic (exact) mass is 244 g/mol. The predicted octanol–water partition coefficient (Wildman–Crippen LogP) is 5.62. The first-order valence-electron chi connectivity index (χ1n) is 7.01. The van der Waals surface area contributed by atoms with Crippen LogP contribution in [-0.4, -0.2) is 11.0 Å². The van der Waals surface area contributed by atoms with E-state index in [0.717, 1.165) is 17.1 Å². The Kier molecular flexibility index (Phi) is 7.80. The van der Waals surface area contributed by atoms with Gasteiger partial charge in [0.2, 0.25) is 0 Å². The summed E-state index contributed by atoms with van der Waals surface area (Å²) in [5.41, 5.74) is 0.500. The summed E-state index contributed by atoms with van der Waals surface area (Å²) in [5, 5.41) is 0.889. The predicted molar refractivity (Wildman–Crippen MR) is 79.2 cm³/mol. The molecule has 1 heterocycles. The summed E-state index contributed by atoms with van der Waals surface area (Å²) >= 11 is 2.20. The van der Waals surface area contributed by atoms with Gasteiger partial charge < -0.3 is 0 Å². The van der Waals surface area contributed by atoms with Gasteiger partial charge in [0, 0.05) is 5.25 Å². The van der Waals surface area contributed by atoms with Crippen molar-refractivity contribution >= 4 is 11.8 Å². The summed E-state index contributed by atoms with van der Waals surface area (Å²) in [6, 6.07) is 0. The van der Waals surface area contributed by atoms with Crippen LogP contribution in [0.3, 0.4) is 0 Å². The molecule has 16 heavy (non-hydrogen) atoms. The van der Waals surface area contributed by atoms with E-state index in [4.69, 9.17) is 0 Å². The Balaban J connectivity index is 0.00000106. The van der Waals surface area contributed by atoms with Crippen LogP contribution in [0.4, 0.5) is 0 Å². The van der Waals surface area contributed by atoms with E-state index in [1.807, 2.05) is 13.8 Å². The van der Waals surface area contributed by atoms with Gasteiger partial charge in [-0.05, 0) is 42.3 Å². The van der Waals surface area contributed by atoms with Crippen LogP contribution in [-0.2, 0) is 0 Å². The average Bonchev–Trinajstić information content (AvgIpc) is 2.19. The first-order chi connectivity index (χ1) is 7.39. The summed E-state index contributed by atoms with van der Waals surface area (Å²) in [6.45, 7) is 15.9. The van der Waals surface area contributed by atoms with Crippen LogP contribution in [0.15, 0.2) is 0 Å². The molecule has 0 aliphatic carbocycles. The highest BCUT2D eigenvalue weighted by Crippen LogP contribution is 2.41. The van der Waals surface area contributed by atoms with Crippen molar-refractivity contribution in [2.24, 2.45) is 17.3 Å². The molecule has 1 fully saturated rings. The Morgan fingerprint density at radius 2 is 1.75 bits per heavy atom. The first-order valence-corrected chi connectivity index (χ1v) is 8.06. The number of thioether (sulfide) groups is 1. The lowest BCUT2D eigenvalue weighted by atomic mass is 9.82. The van der Waals surface area contributed by atoms with E-state index in [1.54, 1.807) is 0 Å². The minimum atomic E-state index is 0.500. The number of hydrogen-bond donors (Lipinski definition) is 0. The average molecular weight is 244 g/mol. The van der Waals surface area contributed by atoms with E-state index in [0.29, 0.717) is 5.41 Å². The van der Waals surface area contributed by atoms with Gasteiger partial charge in [-0.1, -0.05) is 48.5 Å². The Morgan fingerprint density at radius 1 is 1.19 bits per heavy atom. The third-order valence-electron chi connectivity index (χ3n) is 3.16. The molecule has 1 rings (SSSR count). The molecule has 0 aromatic heterocycles. The molecule has 1 heteroatoms. The highest BCUT2D eigenvalue weighted by molar-refractivity contribution is 8.00. The Bertz CT molecular complexity index is 167. The molecular formula is C15H32S. The van der Waals surface area contributed by atoms with E-state index < -0.39 is 0 Å². The van der Waals surface area contributed by atoms with Crippen molar-refractivity contribution in [3.05, 3.63) is 0 Å². The second-order valence-corrected chi connectivity index (χ2v) is 7.56. The van der Waals surface area contributed by atoms with Gasteiger partial charge in [-0.25, -0.2) is 0 Å². The van der Waals surface area contributed by atoms with Crippen LogP contribution < -0.4 is 0 Å². The molecule has 2 unspecified atom stereocenters. The number of rotatable bonds is 2. The molecular weight excluding hydrogens is 212 g/mol. The van der Waals surface area contributed by atoms with Crippen molar-refractivity contribution in [3.63, 3.8) is 0 Å². The summed E-state index contributed by atoms with van der Waals surface area (Å²) in [4.78, 5) is 0. The third kappa shape index (κ3) is 6.18. The zero-order valence-corrected chi connectivity index (χ0v) is 13.3. The van der Waals surface area contributed by atoms with Gasteiger partial charge in [-0.3, -0.25) is 0 Å². The maximum absolute atomic E-state index is 2.39. The zero-order valence-electron chi connectivity index (χ0n) is 12.5. The minimum absolute atomic E-state index is 0.500. The van der Waals surface area contributed by atoms with E-state index >= 15 is 0 Å². The van der Waals surface area contributed by atoms with Gasteiger partial charge >= 0.3 is 0 Å². The van der Waals surface area contributed by atoms with E-state index in [2.05, 4.69) is 46.4 Å². The topological polar surface area (TPSA) is 0 Å². The zero-order chi connectivity index (χ0) is 12.8.